The quantitative estimate of drug-likeness (QED) is 0.765. The molecule has 0 unspecified atom stereocenters. The molecule has 134 valence electrons. The van der Waals surface area contributed by atoms with E-state index in [4.69, 9.17) is 31.0 Å². The van der Waals surface area contributed by atoms with E-state index >= 15 is 0 Å². The number of sulfonamides is 1. The van der Waals surface area contributed by atoms with Crippen LogP contribution in [-0.2, 0) is 21.4 Å². The molecule has 0 aliphatic heterocycles. The van der Waals surface area contributed by atoms with Crippen molar-refractivity contribution in [3.63, 3.8) is 0 Å². The van der Waals surface area contributed by atoms with Crippen molar-refractivity contribution in [1.29, 1.82) is 0 Å². The molecule has 0 aromatic heterocycles. The lowest BCUT2D eigenvalue weighted by Crippen LogP contribution is -2.14. The lowest BCUT2D eigenvalue weighted by molar-refractivity contribution is 0.0469. The molecule has 0 saturated heterocycles. The average Bonchev–Trinajstić information content (AvgIpc) is 2.58. The van der Waals surface area contributed by atoms with Crippen molar-refractivity contribution in [1.82, 2.24) is 0 Å². The van der Waals surface area contributed by atoms with Crippen molar-refractivity contribution in [3.8, 4) is 11.5 Å². The predicted molar refractivity (Wildman–Crippen MR) is 91.5 cm³/mol. The fourth-order valence-corrected chi connectivity index (χ4v) is 3.14. The Morgan fingerprint density at radius 3 is 2.44 bits per heavy atom. The van der Waals surface area contributed by atoms with Crippen LogP contribution in [0, 0.1) is 0 Å². The zero-order valence-electron chi connectivity index (χ0n) is 13.5. The van der Waals surface area contributed by atoms with Crippen LogP contribution in [0.15, 0.2) is 41.3 Å². The van der Waals surface area contributed by atoms with Crippen LogP contribution in [0.5, 0.6) is 11.5 Å². The molecule has 0 bridgehead atoms. The minimum Gasteiger partial charge on any atom is -0.497 e. The van der Waals surface area contributed by atoms with Crippen LogP contribution in [0.3, 0.4) is 0 Å². The van der Waals surface area contributed by atoms with E-state index in [0.717, 1.165) is 6.07 Å². The predicted octanol–water partition coefficient (Wildman–Crippen LogP) is 2.36. The Labute approximate surface area is 150 Å². The largest absolute Gasteiger partial charge is 0.497 e. The molecule has 0 amide bonds. The van der Waals surface area contributed by atoms with Crippen molar-refractivity contribution in [3.05, 3.63) is 52.5 Å². The third-order valence-electron chi connectivity index (χ3n) is 3.32. The second-order valence-corrected chi connectivity index (χ2v) is 6.88. The number of halogens is 1. The zero-order valence-corrected chi connectivity index (χ0v) is 15.1. The van der Waals surface area contributed by atoms with E-state index in [2.05, 4.69) is 0 Å². The molecule has 0 spiro atoms. The molecule has 9 heteroatoms. The summed E-state index contributed by atoms with van der Waals surface area (Å²) in [6, 6.07) is 8.75. The highest BCUT2D eigenvalue weighted by molar-refractivity contribution is 7.89. The molecule has 0 aliphatic rings. The molecule has 0 aliphatic carbocycles. The van der Waals surface area contributed by atoms with Gasteiger partial charge in [-0.2, -0.15) is 0 Å². The molecular formula is C16H16ClNO6S. The lowest BCUT2D eigenvalue weighted by atomic mass is 10.2. The van der Waals surface area contributed by atoms with Gasteiger partial charge in [-0.3, -0.25) is 0 Å². The summed E-state index contributed by atoms with van der Waals surface area (Å²) in [5.74, 6) is 0.372. The van der Waals surface area contributed by atoms with Gasteiger partial charge < -0.3 is 14.2 Å². The SMILES string of the molecule is COc1ccc(OC)c(COC(=O)c2ccc(Cl)c(S(N)(=O)=O)c2)c1. The van der Waals surface area contributed by atoms with Gasteiger partial charge in [0.15, 0.2) is 0 Å². The zero-order chi connectivity index (χ0) is 18.6. The molecule has 2 N–H and O–H groups in total. The van der Waals surface area contributed by atoms with Gasteiger partial charge in [-0.15, -0.1) is 0 Å². The highest BCUT2D eigenvalue weighted by Crippen LogP contribution is 2.26. The second-order valence-electron chi connectivity index (χ2n) is 4.94. The molecule has 25 heavy (non-hydrogen) atoms. The molecule has 0 fully saturated rings. The number of rotatable bonds is 6. The van der Waals surface area contributed by atoms with E-state index in [0.29, 0.717) is 17.1 Å². The lowest BCUT2D eigenvalue weighted by Gasteiger charge is -2.11. The maximum atomic E-state index is 12.2. The summed E-state index contributed by atoms with van der Waals surface area (Å²) in [5.41, 5.74) is 0.603. The first kappa shape index (κ1) is 19.0. The topological polar surface area (TPSA) is 105 Å². The van der Waals surface area contributed by atoms with E-state index < -0.39 is 16.0 Å². The Morgan fingerprint density at radius 1 is 1.12 bits per heavy atom. The van der Waals surface area contributed by atoms with E-state index in [9.17, 15) is 13.2 Å². The number of carbonyl (C=O) groups excluding carboxylic acids is 1. The standard InChI is InChI=1S/C16H16ClNO6S/c1-22-12-4-6-14(23-2)11(7-12)9-24-16(19)10-3-5-13(17)15(8-10)25(18,20)21/h3-8H,9H2,1-2H3,(H2,18,20,21). The van der Waals surface area contributed by atoms with Gasteiger partial charge in [0.1, 0.15) is 23.0 Å². The summed E-state index contributed by atoms with van der Waals surface area (Å²) in [4.78, 5) is 11.8. The van der Waals surface area contributed by atoms with E-state index in [1.807, 2.05) is 0 Å². The van der Waals surface area contributed by atoms with Gasteiger partial charge in [0.05, 0.1) is 24.8 Å². The minimum absolute atomic E-state index is 0.00953. The van der Waals surface area contributed by atoms with Crippen LogP contribution < -0.4 is 14.6 Å². The van der Waals surface area contributed by atoms with Crippen LogP contribution in [0.1, 0.15) is 15.9 Å². The van der Waals surface area contributed by atoms with Crippen LogP contribution in [0.2, 0.25) is 5.02 Å². The molecule has 0 radical (unpaired) electrons. The van der Waals surface area contributed by atoms with Gasteiger partial charge in [0.25, 0.3) is 0 Å². The van der Waals surface area contributed by atoms with E-state index in [1.54, 1.807) is 18.2 Å². The third-order valence-corrected chi connectivity index (χ3v) is 4.71. The number of esters is 1. The van der Waals surface area contributed by atoms with Crippen molar-refractivity contribution in [2.24, 2.45) is 5.14 Å². The fraction of sp³-hybridized carbons (Fsp3) is 0.188. The van der Waals surface area contributed by atoms with Crippen LogP contribution in [0.4, 0.5) is 0 Å². The number of benzene rings is 2. The summed E-state index contributed by atoms with van der Waals surface area (Å²) in [6.45, 7) is -0.0907. The Hall–Kier alpha value is -2.29. The van der Waals surface area contributed by atoms with Crippen LogP contribution in [-0.4, -0.2) is 28.6 Å². The average molecular weight is 386 g/mol. The number of carbonyl (C=O) groups is 1. The van der Waals surface area contributed by atoms with Crippen LogP contribution in [0.25, 0.3) is 0 Å². The van der Waals surface area contributed by atoms with Crippen molar-refractivity contribution in [2.45, 2.75) is 11.5 Å². The Morgan fingerprint density at radius 2 is 1.84 bits per heavy atom. The maximum Gasteiger partial charge on any atom is 0.338 e. The van der Waals surface area contributed by atoms with E-state index in [1.165, 1.54) is 26.4 Å². The van der Waals surface area contributed by atoms with Crippen molar-refractivity contribution in [2.75, 3.05) is 14.2 Å². The molecular weight excluding hydrogens is 370 g/mol. The summed E-state index contributed by atoms with van der Waals surface area (Å²) >= 11 is 5.79. The van der Waals surface area contributed by atoms with Crippen molar-refractivity contribution < 1.29 is 27.4 Å². The molecule has 0 heterocycles. The number of primary sulfonamides is 1. The maximum absolute atomic E-state index is 12.2. The van der Waals surface area contributed by atoms with Gasteiger partial charge in [-0.25, -0.2) is 18.4 Å². The molecule has 0 atom stereocenters. The fourth-order valence-electron chi connectivity index (χ4n) is 2.07. The number of nitrogens with two attached hydrogens (primary N) is 1. The molecule has 2 aromatic carbocycles. The first-order chi connectivity index (χ1) is 11.8. The van der Waals surface area contributed by atoms with Crippen LogP contribution >= 0.6 is 11.6 Å². The number of hydrogen-bond acceptors (Lipinski definition) is 6. The summed E-state index contributed by atoms with van der Waals surface area (Å²) in [6.07, 6.45) is 0. The minimum atomic E-state index is -4.05. The molecule has 2 rings (SSSR count). The van der Waals surface area contributed by atoms with E-state index in [-0.39, 0.29) is 22.1 Å². The number of ether oxygens (including phenoxy) is 3. The monoisotopic (exact) mass is 385 g/mol. The van der Waals surface area contributed by atoms with Crippen molar-refractivity contribution >= 4 is 27.6 Å². The van der Waals surface area contributed by atoms with Gasteiger partial charge in [-0.05, 0) is 36.4 Å². The Bertz CT molecular complexity index is 897. The number of hydrogen-bond donors (Lipinski definition) is 1. The van der Waals surface area contributed by atoms with Gasteiger partial charge in [0.2, 0.25) is 10.0 Å². The first-order valence-corrected chi connectivity index (χ1v) is 8.89. The molecule has 0 saturated carbocycles. The molecule has 2 aromatic rings. The summed E-state index contributed by atoms with van der Waals surface area (Å²) in [5, 5.41) is 4.99. The Kier molecular flexibility index (Phi) is 5.89. The van der Waals surface area contributed by atoms with Gasteiger partial charge in [-0.1, -0.05) is 11.6 Å². The third kappa shape index (κ3) is 4.62. The normalized spacial score (nSPS) is 11.0. The molecule has 7 nitrogen and oxygen atoms in total. The first-order valence-electron chi connectivity index (χ1n) is 6.96. The highest BCUT2D eigenvalue weighted by Gasteiger charge is 2.17. The number of methoxy groups -OCH3 is 2. The summed E-state index contributed by atoms with van der Waals surface area (Å²) in [7, 11) is -1.05. The van der Waals surface area contributed by atoms with Gasteiger partial charge >= 0.3 is 5.97 Å². The van der Waals surface area contributed by atoms with Gasteiger partial charge in [0, 0.05) is 5.56 Å². The summed E-state index contributed by atoms with van der Waals surface area (Å²) < 4.78 is 38.5. The smallest absolute Gasteiger partial charge is 0.338 e. The second kappa shape index (κ2) is 7.73. The Balaban J connectivity index is 2.21. The highest BCUT2D eigenvalue weighted by atomic mass is 35.5.